The number of amides is 1. The summed E-state index contributed by atoms with van der Waals surface area (Å²) in [5.41, 5.74) is -0.589. The van der Waals surface area contributed by atoms with Crippen molar-refractivity contribution < 1.29 is 27.1 Å². The van der Waals surface area contributed by atoms with Crippen molar-refractivity contribution >= 4 is 22.7 Å². The first-order valence-corrected chi connectivity index (χ1v) is 9.22. The number of ether oxygens (including phenoxy) is 1. The summed E-state index contributed by atoms with van der Waals surface area (Å²) in [5.74, 6) is -0.666. The molecule has 1 amide bonds. The molecule has 1 spiro atoms. The van der Waals surface area contributed by atoms with Crippen molar-refractivity contribution in [1.29, 1.82) is 0 Å². The van der Waals surface area contributed by atoms with Gasteiger partial charge in [0, 0.05) is 24.5 Å². The van der Waals surface area contributed by atoms with E-state index in [2.05, 4.69) is 5.10 Å². The molecule has 0 saturated carbocycles. The second-order valence-electron chi connectivity index (χ2n) is 6.41. The predicted molar refractivity (Wildman–Crippen MR) is 96.3 cm³/mol. The number of nitrogens with zero attached hydrogens (tertiary/aromatic N) is 2. The van der Waals surface area contributed by atoms with Crippen LogP contribution in [-0.4, -0.2) is 22.6 Å². The lowest BCUT2D eigenvalue weighted by Gasteiger charge is -2.39. The number of rotatable bonds is 1. The van der Waals surface area contributed by atoms with Gasteiger partial charge in [-0.2, -0.15) is 18.3 Å². The third-order valence-electron chi connectivity index (χ3n) is 4.63. The maximum absolute atomic E-state index is 14.4. The highest BCUT2D eigenvalue weighted by atomic mass is 32.2. The van der Waals surface area contributed by atoms with E-state index >= 15 is 0 Å². The molecule has 28 heavy (non-hydrogen) atoms. The molecule has 2 aromatic rings. The van der Waals surface area contributed by atoms with E-state index in [0.29, 0.717) is 30.4 Å². The first kappa shape index (κ1) is 18.8. The highest BCUT2D eigenvalue weighted by molar-refractivity contribution is 8.15. The maximum atomic E-state index is 14.4. The van der Waals surface area contributed by atoms with Gasteiger partial charge in [-0.1, -0.05) is 30.0 Å². The van der Waals surface area contributed by atoms with Crippen molar-refractivity contribution in [3.05, 3.63) is 65.0 Å². The number of para-hydroxylation sites is 1. The molecule has 1 atom stereocenters. The maximum Gasteiger partial charge on any atom is 0.416 e. The van der Waals surface area contributed by atoms with Crippen LogP contribution in [0.4, 0.5) is 17.6 Å². The first-order valence-electron chi connectivity index (χ1n) is 8.40. The number of fused-ring (bicyclic) bond motifs is 2. The average molecular weight is 410 g/mol. The minimum Gasteiger partial charge on any atom is -0.493 e. The Balaban J connectivity index is 1.83. The summed E-state index contributed by atoms with van der Waals surface area (Å²) in [5, 5.41) is 5.46. The molecule has 0 fully saturated rings. The van der Waals surface area contributed by atoms with Crippen molar-refractivity contribution in [2.45, 2.75) is 24.4 Å². The van der Waals surface area contributed by atoms with E-state index in [1.807, 2.05) is 0 Å². The molecular weight excluding hydrogens is 396 g/mol. The average Bonchev–Trinajstić information content (AvgIpc) is 3.01. The molecule has 0 N–H and O–H groups in total. The third-order valence-corrected chi connectivity index (χ3v) is 6.06. The normalized spacial score (nSPS) is 21.3. The number of halogens is 4. The van der Waals surface area contributed by atoms with E-state index in [4.69, 9.17) is 4.74 Å². The minimum absolute atomic E-state index is 0.0236. The smallest absolute Gasteiger partial charge is 0.416 e. The molecule has 2 aromatic carbocycles. The summed E-state index contributed by atoms with van der Waals surface area (Å²) in [7, 11) is 0. The van der Waals surface area contributed by atoms with E-state index in [1.54, 1.807) is 24.3 Å². The number of hydrogen-bond acceptors (Lipinski definition) is 4. The van der Waals surface area contributed by atoms with Crippen LogP contribution in [0.3, 0.4) is 0 Å². The van der Waals surface area contributed by atoms with Gasteiger partial charge in [-0.15, -0.1) is 0 Å². The molecule has 2 aliphatic rings. The van der Waals surface area contributed by atoms with Gasteiger partial charge in [0.2, 0.25) is 5.91 Å². The van der Waals surface area contributed by atoms with Crippen molar-refractivity contribution in [1.82, 2.24) is 5.01 Å². The quantitative estimate of drug-likeness (QED) is 0.638. The van der Waals surface area contributed by atoms with E-state index in [1.165, 1.54) is 11.9 Å². The molecular formula is C19H14F4N2O2S. The molecule has 4 rings (SSSR count). The third kappa shape index (κ3) is 2.94. The Morgan fingerprint density at radius 1 is 1.25 bits per heavy atom. The van der Waals surface area contributed by atoms with Gasteiger partial charge in [-0.05, 0) is 24.3 Å². The van der Waals surface area contributed by atoms with Gasteiger partial charge in [0.15, 0.2) is 0 Å². The van der Waals surface area contributed by atoms with Crippen LogP contribution in [0.25, 0.3) is 0 Å². The Kier molecular flexibility index (Phi) is 4.37. The van der Waals surface area contributed by atoms with Gasteiger partial charge in [-0.3, -0.25) is 4.79 Å². The van der Waals surface area contributed by atoms with Gasteiger partial charge >= 0.3 is 6.18 Å². The van der Waals surface area contributed by atoms with Crippen LogP contribution in [0.1, 0.15) is 30.0 Å². The Labute approximate surface area is 162 Å². The largest absolute Gasteiger partial charge is 0.493 e. The van der Waals surface area contributed by atoms with Crippen LogP contribution >= 0.6 is 11.8 Å². The molecule has 146 valence electrons. The lowest BCUT2D eigenvalue weighted by molar-refractivity contribution is -0.137. The molecule has 4 nitrogen and oxygen atoms in total. The number of alkyl halides is 3. The lowest BCUT2D eigenvalue weighted by Crippen LogP contribution is -2.43. The molecule has 9 heteroatoms. The zero-order valence-electron chi connectivity index (χ0n) is 14.6. The summed E-state index contributed by atoms with van der Waals surface area (Å²) in [4.78, 5) is 11.3. The lowest BCUT2D eigenvalue weighted by atomic mass is 9.99. The number of benzene rings is 2. The highest BCUT2D eigenvalue weighted by Gasteiger charge is 2.51. The number of carbonyl (C=O) groups is 1. The fourth-order valence-electron chi connectivity index (χ4n) is 3.37. The second kappa shape index (κ2) is 6.51. The summed E-state index contributed by atoms with van der Waals surface area (Å²) in [6.45, 7) is 1.61. The van der Waals surface area contributed by atoms with Gasteiger partial charge in [0.1, 0.15) is 21.5 Å². The van der Waals surface area contributed by atoms with E-state index < -0.39 is 28.3 Å². The summed E-state index contributed by atoms with van der Waals surface area (Å²) >= 11 is 1.07. The molecule has 0 bridgehead atoms. The van der Waals surface area contributed by atoms with Gasteiger partial charge in [-0.25, -0.2) is 9.40 Å². The SMILES string of the molecule is CC(=O)N1N=C(c2cc(C(F)(F)F)ccc2F)SC12CCOc1ccccc12. The number of thioether (sulfide) groups is 1. The Hall–Kier alpha value is -2.55. The first-order chi connectivity index (χ1) is 13.2. The van der Waals surface area contributed by atoms with Gasteiger partial charge in [0.05, 0.1) is 12.2 Å². The predicted octanol–water partition coefficient (Wildman–Crippen LogP) is 4.74. The second-order valence-corrected chi connectivity index (χ2v) is 7.68. The zero-order chi connectivity index (χ0) is 20.1. The monoisotopic (exact) mass is 410 g/mol. The fraction of sp³-hybridized carbons (Fsp3) is 0.263. The van der Waals surface area contributed by atoms with Gasteiger partial charge < -0.3 is 4.74 Å². The summed E-state index contributed by atoms with van der Waals surface area (Å²) < 4.78 is 59.3. The Bertz CT molecular complexity index is 992. The van der Waals surface area contributed by atoms with Crippen molar-refractivity contribution in [3.63, 3.8) is 0 Å². The van der Waals surface area contributed by atoms with E-state index in [9.17, 15) is 22.4 Å². The van der Waals surface area contributed by atoms with Crippen LogP contribution in [0.2, 0.25) is 0 Å². The van der Waals surface area contributed by atoms with Crippen molar-refractivity contribution in [2.24, 2.45) is 5.10 Å². The van der Waals surface area contributed by atoms with Crippen molar-refractivity contribution in [3.8, 4) is 5.75 Å². The molecule has 0 aliphatic carbocycles. The van der Waals surface area contributed by atoms with Crippen LogP contribution < -0.4 is 4.74 Å². The van der Waals surface area contributed by atoms with Crippen molar-refractivity contribution in [2.75, 3.05) is 6.61 Å². The molecule has 2 heterocycles. The highest BCUT2D eigenvalue weighted by Crippen LogP contribution is 2.54. The number of hydrazone groups is 1. The van der Waals surface area contributed by atoms with Crippen LogP contribution in [0, 0.1) is 5.82 Å². The minimum atomic E-state index is -4.62. The molecule has 0 saturated heterocycles. The van der Waals surface area contributed by atoms with E-state index in [-0.39, 0.29) is 10.6 Å². The topological polar surface area (TPSA) is 41.9 Å². The summed E-state index contributed by atoms with van der Waals surface area (Å²) in [6, 6.07) is 9.25. The molecule has 2 aliphatic heterocycles. The standard InChI is InChI=1S/C19H14F4N2O2S/c1-11(26)25-18(8-9-27-16-5-3-2-4-14(16)18)28-17(24-25)13-10-12(19(21,22)23)6-7-15(13)20/h2-7,10H,8-9H2,1H3. The fourth-order valence-corrected chi connectivity index (χ4v) is 4.80. The zero-order valence-corrected chi connectivity index (χ0v) is 15.4. The van der Waals surface area contributed by atoms with E-state index in [0.717, 1.165) is 23.9 Å². The van der Waals surface area contributed by atoms with Crippen LogP contribution in [-0.2, 0) is 15.8 Å². The number of carbonyl (C=O) groups excluding carboxylic acids is 1. The number of hydrogen-bond donors (Lipinski definition) is 0. The molecule has 1 unspecified atom stereocenters. The molecule has 0 radical (unpaired) electrons. The Morgan fingerprint density at radius 2 is 2.00 bits per heavy atom. The molecule has 0 aromatic heterocycles. The Morgan fingerprint density at radius 3 is 2.71 bits per heavy atom. The van der Waals surface area contributed by atoms with Crippen LogP contribution in [0.5, 0.6) is 5.75 Å². The van der Waals surface area contributed by atoms with Gasteiger partial charge in [0.25, 0.3) is 0 Å². The summed E-state index contributed by atoms with van der Waals surface area (Å²) in [6.07, 6.45) is -4.25. The van der Waals surface area contributed by atoms with Crippen LogP contribution in [0.15, 0.2) is 47.6 Å².